The Morgan fingerprint density at radius 3 is 1.50 bits per heavy atom. The number of ether oxygens (including phenoxy) is 4. The number of unbranched alkanes of at least 4 members (excludes halogenated alkanes) is 29. The van der Waals surface area contributed by atoms with Gasteiger partial charge < -0.3 is 34.3 Å². The Labute approximate surface area is 391 Å². The molecule has 4 N–H and O–H groups in total. The molecule has 0 aromatic heterocycles. The smallest absolute Gasteiger partial charge is 0.397 e. The standard InChI is InChI=1S/C51H96O12S/c1-3-5-7-9-11-13-15-17-19-21-23-25-27-29-31-33-35-37-39-41-59-43-45(44-60-51-49(55)50(63-64(56,57)58)48(54)46(42-52)62-51)61-47(53)40-38-36-34-32-30-28-26-24-22-20-18-16-14-12-10-8-6-4-2/h14,16,20,22,45-46,48-52,54-55H,3-13,15,17-19,21,23-44H2,1-2H3,(H,56,57,58)/b16-14-,22-20-. The summed E-state index contributed by atoms with van der Waals surface area (Å²) in [5.74, 6) is -0.403. The van der Waals surface area contributed by atoms with Crippen LogP contribution >= 0.6 is 0 Å². The van der Waals surface area contributed by atoms with E-state index in [-0.39, 0.29) is 19.6 Å². The maximum Gasteiger partial charge on any atom is 0.397 e. The van der Waals surface area contributed by atoms with Crippen LogP contribution in [0.25, 0.3) is 0 Å². The summed E-state index contributed by atoms with van der Waals surface area (Å²) < 4.78 is 59.3. The zero-order valence-corrected chi connectivity index (χ0v) is 41.4. The summed E-state index contributed by atoms with van der Waals surface area (Å²) in [4.78, 5) is 12.9. The molecule has 1 aliphatic heterocycles. The number of aliphatic hydroxyl groups is 3. The number of aliphatic hydroxyl groups excluding tert-OH is 3. The van der Waals surface area contributed by atoms with Crippen LogP contribution in [0.15, 0.2) is 24.3 Å². The van der Waals surface area contributed by atoms with E-state index >= 15 is 0 Å². The first kappa shape index (κ1) is 60.6. The summed E-state index contributed by atoms with van der Waals surface area (Å²) >= 11 is 0. The van der Waals surface area contributed by atoms with Gasteiger partial charge in [0.2, 0.25) is 0 Å². The molecule has 0 aromatic carbocycles. The maximum atomic E-state index is 12.9. The zero-order chi connectivity index (χ0) is 46.8. The van der Waals surface area contributed by atoms with Crippen LogP contribution in [0.4, 0.5) is 0 Å². The molecule has 0 radical (unpaired) electrons. The summed E-state index contributed by atoms with van der Waals surface area (Å²) in [6.07, 6.45) is 40.6. The molecule has 0 spiro atoms. The first-order valence-electron chi connectivity index (χ1n) is 26.1. The third kappa shape index (κ3) is 35.7. The highest BCUT2D eigenvalue weighted by molar-refractivity contribution is 7.80. The maximum absolute atomic E-state index is 12.9. The van der Waals surface area contributed by atoms with Gasteiger partial charge in [0.05, 0.1) is 19.8 Å². The highest BCUT2D eigenvalue weighted by Crippen LogP contribution is 2.26. The third-order valence-corrected chi connectivity index (χ3v) is 12.5. The van der Waals surface area contributed by atoms with Crippen molar-refractivity contribution in [3.63, 3.8) is 0 Å². The van der Waals surface area contributed by atoms with Crippen LogP contribution in [0, 0.1) is 0 Å². The number of hydrogen-bond acceptors (Lipinski definition) is 11. The van der Waals surface area contributed by atoms with E-state index in [0.29, 0.717) is 13.0 Å². The van der Waals surface area contributed by atoms with E-state index in [2.05, 4.69) is 42.3 Å². The second-order valence-electron chi connectivity index (χ2n) is 18.1. The van der Waals surface area contributed by atoms with Crippen molar-refractivity contribution < 1.29 is 56.2 Å². The van der Waals surface area contributed by atoms with E-state index in [1.807, 2.05) is 0 Å². The molecule has 378 valence electrons. The lowest BCUT2D eigenvalue weighted by Gasteiger charge is -2.41. The molecule has 6 atom stereocenters. The number of rotatable bonds is 46. The van der Waals surface area contributed by atoms with Gasteiger partial charge in [-0.3, -0.25) is 9.35 Å². The van der Waals surface area contributed by atoms with E-state index in [0.717, 1.165) is 51.4 Å². The van der Waals surface area contributed by atoms with Gasteiger partial charge in [0.1, 0.15) is 30.5 Å². The summed E-state index contributed by atoms with van der Waals surface area (Å²) in [7, 11) is -5.06. The van der Waals surface area contributed by atoms with Gasteiger partial charge in [-0.25, -0.2) is 4.18 Å². The molecule has 1 fully saturated rings. The van der Waals surface area contributed by atoms with Crippen LogP contribution in [0.2, 0.25) is 0 Å². The Hall–Kier alpha value is -1.42. The van der Waals surface area contributed by atoms with E-state index in [4.69, 9.17) is 18.9 Å². The van der Waals surface area contributed by atoms with Gasteiger partial charge in [-0.1, -0.05) is 205 Å². The van der Waals surface area contributed by atoms with Crippen LogP contribution in [0.1, 0.15) is 232 Å². The minimum absolute atomic E-state index is 0.0373. The van der Waals surface area contributed by atoms with Crippen LogP contribution in [0.3, 0.4) is 0 Å². The zero-order valence-electron chi connectivity index (χ0n) is 40.6. The molecular formula is C51H96O12S. The van der Waals surface area contributed by atoms with Crippen LogP contribution < -0.4 is 0 Å². The molecular weight excluding hydrogens is 837 g/mol. The van der Waals surface area contributed by atoms with Crippen LogP contribution in [-0.2, 0) is 38.3 Å². The Bertz CT molecular complexity index is 1210. The van der Waals surface area contributed by atoms with Crippen molar-refractivity contribution in [3.05, 3.63) is 24.3 Å². The van der Waals surface area contributed by atoms with Crippen LogP contribution in [-0.4, -0.2) is 97.5 Å². The molecule has 1 saturated heterocycles. The number of allylic oxidation sites excluding steroid dienone is 4. The van der Waals surface area contributed by atoms with Crippen molar-refractivity contribution in [2.45, 2.75) is 269 Å². The Morgan fingerprint density at radius 1 is 0.594 bits per heavy atom. The molecule has 1 heterocycles. The molecule has 0 amide bonds. The van der Waals surface area contributed by atoms with E-state index in [1.54, 1.807) is 0 Å². The summed E-state index contributed by atoms with van der Waals surface area (Å²) in [5, 5.41) is 30.8. The van der Waals surface area contributed by atoms with E-state index in [9.17, 15) is 33.1 Å². The fourth-order valence-electron chi connectivity index (χ4n) is 8.12. The number of carbonyl (C=O) groups excluding carboxylic acids is 1. The second kappa shape index (κ2) is 42.9. The molecule has 1 aliphatic rings. The minimum atomic E-state index is -5.06. The van der Waals surface area contributed by atoms with Crippen molar-refractivity contribution in [2.75, 3.05) is 26.4 Å². The van der Waals surface area contributed by atoms with Crippen molar-refractivity contribution in [1.82, 2.24) is 0 Å². The second-order valence-corrected chi connectivity index (χ2v) is 19.2. The average Bonchev–Trinajstić information content (AvgIpc) is 3.27. The highest BCUT2D eigenvalue weighted by atomic mass is 32.3. The fourth-order valence-corrected chi connectivity index (χ4v) is 8.62. The Kier molecular flexibility index (Phi) is 40.6. The van der Waals surface area contributed by atoms with E-state index < -0.39 is 59.8 Å². The van der Waals surface area contributed by atoms with E-state index in [1.165, 1.54) is 154 Å². The first-order chi connectivity index (χ1) is 31.1. The SMILES string of the molecule is CCCCCC/C=C\C/C=C\CCCCCCCCCC(=O)OC(COCCCCCCCCCCCCCCCCCCCCC)COC1OC(CO)C(O)C(OS(=O)(=O)O)C1O. The van der Waals surface area contributed by atoms with Gasteiger partial charge in [0.25, 0.3) is 0 Å². The summed E-state index contributed by atoms with van der Waals surface area (Å²) in [6.45, 7) is 4.01. The quantitative estimate of drug-likeness (QED) is 0.0197. The monoisotopic (exact) mass is 933 g/mol. The minimum Gasteiger partial charge on any atom is -0.457 e. The average molecular weight is 933 g/mol. The van der Waals surface area contributed by atoms with Gasteiger partial charge in [0, 0.05) is 13.0 Å². The largest absolute Gasteiger partial charge is 0.457 e. The molecule has 0 bridgehead atoms. The predicted octanol–water partition coefficient (Wildman–Crippen LogP) is 12.0. The lowest BCUT2D eigenvalue weighted by molar-refractivity contribution is -0.301. The molecule has 0 aromatic rings. The number of hydrogen-bond donors (Lipinski definition) is 4. The van der Waals surface area contributed by atoms with Crippen molar-refractivity contribution in [2.24, 2.45) is 0 Å². The summed E-state index contributed by atoms with van der Waals surface area (Å²) in [6, 6.07) is 0. The van der Waals surface area contributed by atoms with Gasteiger partial charge in [0.15, 0.2) is 6.29 Å². The van der Waals surface area contributed by atoms with Gasteiger partial charge in [-0.05, 0) is 44.9 Å². The number of esters is 1. The van der Waals surface area contributed by atoms with Crippen molar-refractivity contribution >= 4 is 16.4 Å². The topological polar surface area (TPSA) is 178 Å². The predicted molar refractivity (Wildman–Crippen MR) is 257 cm³/mol. The molecule has 6 unspecified atom stereocenters. The molecule has 0 aliphatic carbocycles. The molecule has 1 rings (SSSR count). The van der Waals surface area contributed by atoms with Crippen molar-refractivity contribution in [3.8, 4) is 0 Å². The normalized spacial score (nSPS) is 19.9. The first-order valence-corrected chi connectivity index (χ1v) is 27.5. The Morgan fingerprint density at radius 2 is 1.03 bits per heavy atom. The fraction of sp³-hybridized carbons (Fsp3) is 0.902. The van der Waals surface area contributed by atoms with Gasteiger partial charge in [-0.2, -0.15) is 8.42 Å². The highest BCUT2D eigenvalue weighted by Gasteiger charge is 2.48. The molecule has 13 heteroatoms. The summed E-state index contributed by atoms with van der Waals surface area (Å²) in [5.41, 5.74) is 0. The number of carbonyl (C=O) groups is 1. The van der Waals surface area contributed by atoms with Gasteiger partial charge >= 0.3 is 16.4 Å². The lowest BCUT2D eigenvalue weighted by Crippen LogP contribution is -2.60. The molecule has 12 nitrogen and oxygen atoms in total. The van der Waals surface area contributed by atoms with Crippen molar-refractivity contribution in [1.29, 1.82) is 0 Å². The molecule has 64 heavy (non-hydrogen) atoms. The third-order valence-electron chi connectivity index (χ3n) is 12.1. The Balaban J connectivity index is 2.35. The van der Waals surface area contributed by atoms with Crippen LogP contribution in [0.5, 0.6) is 0 Å². The lowest BCUT2D eigenvalue weighted by atomic mass is 9.99. The molecule has 0 saturated carbocycles. The van der Waals surface area contributed by atoms with Gasteiger partial charge in [-0.15, -0.1) is 0 Å².